The summed E-state index contributed by atoms with van der Waals surface area (Å²) < 4.78 is 21.4. The number of nitrogens with zero attached hydrogens (tertiary/aromatic N) is 2. The molecule has 1 aromatic heterocycles. The zero-order chi connectivity index (χ0) is 18.7. The molecule has 1 aliphatic heterocycles. The number of hydrogen-bond donors (Lipinski definition) is 2. The van der Waals surface area contributed by atoms with Crippen LogP contribution in [-0.2, 0) is 11.3 Å². The molecule has 4 rings (SSSR count). The van der Waals surface area contributed by atoms with Crippen LogP contribution in [0.15, 0.2) is 36.7 Å². The molecule has 7 heteroatoms. The summed E-state index contributed by atoms with van der Waals surface area (Å²) in [5.74, 6) is -0.266. The van der Waals surface area contributed by atoms with Crippen molar-refractivity contribution in [2.24, 2.45) is 0 Å². The molecule has 1 saturated carbocycles. The average molecular weight is 372 g/mol. The summed E-state index contributed by atoms with van der Waals surface area (Å²) in [6, 6.07) is 6.37. The molecule has 1 aliphatic carbocycles. The molecule has 6 nitrogen and oxygen atoms in total. The molecule has 2 fully saturated rings. The van der Waals surface area contributed by atoms with E-state index >= 15 is 0 Å². The molecule has 1 spiro atoms. The van der Waals surface area contributed by atoms with E-state index in [1.54, 1.807) is 35.3 Å². The van der Waals surface area contributed by atoms with E-state index in [-0.39, 0.29) is 23.5 Å². The van der Waals surface area contributed by atoms with Crippen molar-refractivity contribution >= 4 is 11.7 Å². The molecule has 0 bridgehead atoms. The fourth-order valence-electron chi connectivity index (χ4n) is 4.15. The third kappa shape index (κ3) is 4.30. The van der Waals surface area contributed by atoms with E-state index in [1.807, 2.05) is 0 Å². The number of halogens is 1. The number of carbonyl (C=O) groups excluding carboxylic acids is 1. The number of rotatable bonds is 4. The average Bonchev–Trinajstić information content (AvgIpc) is 3.25. The number of amides is 2. The van der Waals surface area contributed by atoms with Crippen molar-refractivity contribution in [3.05, 3.63) is 48.0 Å². The van der Waals surface area contributed by atoms with Crippen LogP contribution in [0.1, 0.15) is 44.1 Å². The lowest BCUT2D eigenvalue weighted by Gasteiger charge is -2.32. The second-order valence-electron chi connectivity index (χ2n) is 7.57. The highest BCUT2D eigenvalue weighted by Crippen LogP contribution is 2.39. The molecule has 1 saturated heterocycles. The maximum absolute atomic E-state index is 13.7. The molecule has 2 heterocycles. The summed E-state index contributed by atoms with van der Waals surface area (Å²) in [5.41, 5.74) is 1.11. The van der Waals surface area contributed by atoms with Gasteiger partial charge in [-0.3, -0.25) is 4.68 Å². The topological polar surface area (TPSA) is 68.2 Å². The zero-order valence-corrected chi connectivity index (χ0v) is 15.3. The molecule has 2 amide bonds. The van der Waals surface area contributed by atoms with E-state index in [2.05, 4.69) is 15.7 Å². The van der Waals surface area contributed by atoms with Crippen LogP contribution >= 0.6 is 0 Å². The summed E-state index contributed by atoms with van der Waals surface area (Å²) in [7, 11) is 0. The van der Waals surface area contributed by atoms with Crippen LogP contribution in [0.2, 0.25) is 0 Å². The Labute approximate surface area is 158 Å². The highest BCUT2D eigenvalue weighted by molar-refractivity contribution is 5.89. The smallest absolute Gasteiger partial charge is 0.319 e. The summed E-state index contributed by atoms with van der Waals surface area (Å²) in [6.45, 7) is 0.884. The number of benzene rings is 1. The van der Waals surface area contributed by atoms with E-state index in [4.69, 9.17) is 4.74 Å². The van der Waals surface area contributed by atoms with Crippen molar-refractivity contribution in [1.82, 2.24) is 15.1 Å². The summed E-state index contributed by atoms with van der Waals surface area (Å²) in [6.07, 6.45) is 10.0. The normalized spacial score (nSPS) is 21.3. The number of hydrogen-bond acceptors (Lipinski definition) is 3. The lowest BCUT2D eigenvalue weighted by Crippen LogP contribution is -2.39. The zero-order valence-electron chi connectivity index (χ0n) is 15.3. The summed E-state index contributed by atoms with van der Waals surface area (Å²) >= 11 is 0. The van der Waals surface area contributed by atoms with Crippen molar-refractivity contribution in [2.75, 3.05) is 11.9 Å². The van der Waals surface area contributed by atoms with Crippen LogP contribution in [0.3, 0.4) is 0 Å². The molecule has 2 aliphatic rings. The minimum atomic E-state index is -0.266. The van der Waals surface area contributed by atoms with Gasteiger partial charge in [-0.15, -0.1) is 0 Å². The Balaban J connectivity index is 1.29. The minimum Gasteiger partial charge on any atom is -0.373 e. The van der Waals surface area contributed by atoms with E-state index in [0.717, 1.165) is 19.3 Å². The largest absolute Gasteiger partial charge is 0.373 e. The first-order valence-corrected chi connectivity index (χ1v) is 9.59. The Hall–Kier alpha value is -2.41. The summed E-state index contributed by atoms with van der Waals surface area (Å²) in [4.78, 5) is 12.3. The molecule has 27 heavy (non-hydrogen) atoms. The van der Waals surface area contributed by atoms with Crippen molar-refractivity contribution < 1.29 is 13.9 Å². The van der Waals surface area contributed by atoms with Gasteiger partial charge >= 0.3 is 6.03 Å². The molecule has 2 N–H and O–H groups in total. The standard InChI is InChI=1S/C20H25FN4O2/c21-18-7-3-2-6-15(18)12-25-13-17(11-22-25)24-19(26)23-16-10-20(27-14-16)8-4-1-5-9-20/h2-3,6-7,11,13,16H,1,4-5,8-10,12,14H2,(H2,23,24,26)/t16-/m0/s1. The Kier molecular flexibility index (Phi) is 5.11. The Bertz CT molecular complexity index is 801. The predicted molar refractivity (Wildman–Crippen MR) is 100 cm³/mol. The van der Waals surface area contributed by atoms with Gasteiger partial charge in [0.25, 0.3) is 0 Å². The number of ether oxygens (including phenoxy) is 1. The van der Waals surface area contributed by atoms with Crippen LogP contribution in [-0.4, -0.2) is 34.1 Å². The molecular formula is C20H25FN4O2. The van der Waals surface area contributed by atoms with Crippen molar-refractivity contribution in [3.8, 4) is 0 Å². The second kappa shape index (κ2) is 7.68. The third-order valence-electron chi connectivity index (χ3n) is 5.49. The maximum atomic E-state index is 13.7. The first kappa shape index (κ1) is 18.0. The first-order chi connectivity index (χ1) is 13.1. The number of aromatic nitrogens is 2. The van der Waals surface area contributed by atoms with Crippen molar-refractivity contribution in [2.45, 2.75) is 56.7 Å². The van der Waals surface area contributed by atoms with Gasteiger partial charge in [-0.2, -0.15) is 5.10 Å². The van der Waals surface area contributed by atoms with E-state index in [0.29, 0.717) is 24.4 Å². The number of urea groups is 1. The first-order valence-electron chi connectivity index (χ1n) is 9.59. The van der Waals surface area contributed by atoms with Crippen LogP contribution in [0.5, 0.6) is 0 Å². The molecule has 2 aromatic rings. The van der Waals surface area contributed by atoms with Crippen LogP contribution in [0.4, 0.5) is 14.9 Å². The Morgan fingerprint density at radius 2 is 2.11 bits per heavy atom. The highest BCUT2D eigenvalue weighted by atomic mass is 19.1. The third-order valence-corrected chi connectivity index (χ3v) is 5.49. The summed E-state index contributed by atoms with van der Waals surface area (Å²) in [5, 5.41) is 9.98. The number of nitrogens with one attached hydrogen (secondary N) is 2. The molecule has 1 aromatic carbocycles. The van der Waals surface area contributed by atoms with Gasteiger partial charge in [-0.25, -0.2) is 9.18 Å². The lowest BCUT2D eigenvalue weighted by atomic mass is 9.82. The Morgan fingerprint density at radius 1 is 1.30 bits per heavy atom. The monoisotopic (exact) mass is 372 g/mol. The minimum absolute atomic E-state index is 0.0269. The van der Waals surface area contributed by atoms with Gasteiger partial charge in [-0.1, -0.05) is 37.5 Å². The van der Waals surface area contributed by atoms with Crippen LogP contribution in [0, 0.1) is 5.82 Å². The predicted octanol–water partition coefficient (Wildman–Crippen LogP) is 3.68. The van der Waals surface area contributed by atoms with Crippen LogP contribution in [0.25, 0.3) is 0 Å². The van der Waals surface area contributed by atoms with E-state index < -0.39 is 0 Å². The number of carbonyl (C=O) groups is 1. The molecule has 0 unspecified atom stereocenters. The molecule has 0 radical (unpaired) electrons. The van der Waals surface area contributed by atoms with Crippen molar-refractivity contribution in [3.63, 3.8) is 0 Å². The van der Waals surface area contributed by atoms with E-state index in [1.165, 1.54) is 25.3 Å². The number of anilines is 1. The SMILES string of the molecule is O=C(Nc1cnn(Cc2ccccc2F)c1)N[C@@H]1COC2(CCCCC2)C1. The highest BCUT2D eigenvalue weighted by Gasteiger charge is 2.41. The molecular weight excluding hydrogens is 347 g/mol. The van der Waals surface area contributed by atoms with E-state index in [9.17, 15) is 9.18 Å². The second-order valence-corrected chi connectivity index (χ2v) is 7.57. The van der Waals surface area contributed by atoms with Crippen molar-refractivity contribution in [1.29, 1.82) is 0 Å². The quantitative estimate of drug-likeness (QED) is 0.860. The van der Waals surface area contributed by atoms with Gasteiger partial charge in [0.2, 0.25) is 0 Å². The van der Waals surface area contributed by atoms with Crippen LogP contribution < -0.4 is 10.6 Å². The van der Waals surface area contributed by atoms with Gasteiger partial charge in [0.15, 0.2) is 0 Å². The molecule has 144 valence electrons. The lowest BCUT2D eigenvalue weighted by molar-refractivity contribution is -0.0245. The van der Waals surface area contributed by atoms with Gasteiger partial charge in [0.05, 0.1) is 36.7 Å². The van der Waals surface area contributed by atoms with Gasteiger partial charge in [0.1, 0.15) is 5.82 Å². The van der Waals surface area contributed by atoms with Gasteiger partial charge in [-0.05, 0) is 25.3 Å². The molecule has 1 atom stereocenters. The fraction of sp³-hybridized carbons (Fsp3) is 0.500. The Morgan fingerprint density at radius 3 is 2.93 bits per heavy atom. The fourth-order valence-corrected chi connectivity index (χ4v) is 4.15. The van der Waals surface area contributed by atoms with Gasteiger partial charge < -0.3 is 15.4 Å². The maximum Gasteiger partial charge on any atom is 0.319 e. The van der Waals surface area contributed by atoms with Gasteiger partial charge in [0, 0.05) is 11.8 Å².